The maximum absolute atomic E-state index is 13.1. The van der Waals surface area contributed by atoms with Crippen molar-refractivity contribution in [2.45, 2.75) is 31.6 Å². The van der Waals surface area contributed by atoms with Gasteiger partial charge in [-0.3, -0.25) is 4.98 Å². The standard InChI is InChI=1S/C18H21FN4O2/c19-14-9-21-18(22-10-14)23-5-6-25-17-8-13(7-16(17)23)11-24-12-15-3-1-2-4-20-15/h1-4,9-10,13,16-17H,5-8,11-12H2/t13-,16-,17-/m0/s1. The van der Waals surface area contributed by atoms with Gasteiger partial charge in [0, 0.05) is 12.7 Å². The van der Waals surface area contributed by atoms with Crippen LogP contribution in [0.5, 0.6) is 0 Å². The van der Waals surface area contributed by atoms with Crippen LogP contribution in [-0.2, 0) is 16.1 Å². The number of halogens is 1. The van der Waals surface area contributed by atoms with Gasteiger partial charge in [-0.05, 0) is 30.9 Å². The summed E-state index contributed by atoms with van der Waals surface area (Å²) in [4.78, 5) is 14.7. The van der Waals surface area contributed by atoms with Gasteiger partial charge >= 0.3 is 0 Å². The number of morpholine rings is 1. The molecule has 0 bridgehead atoms. The van der Waals surface area contributed by atoms with E-state index in [0.29, 0.717) is 31.7 Å². The summed E-state index contributed by atoms with van der Waals surface area (Å²) < 4.78 is 24.9. The van der Waals surface area contributed by atoms with Crippen LogP contribution in [0.15, 0.2) is 36.8 Å². The fourth-order valence-electron chi connectivity index (χ4n) is 3.70. The van der Waals surface area contributed by atoms with Crippen LogP contribution < -0.4 is 4.90 Å². The van der Waals surface area contributed by atoms with Crippen molar-refractivity contribution >= 4 is 5.95 Å². The normalized spacial score (nSPS) is 25.8. The van der Waals surface area contributed by atoms with Crippen molar-refractivity contribution in [3.05, 3.63) is 48.3 Å². The van der Waals surface area contributed by atoms with E-state index >= 15 is 0 Å². The lowest BCUT2D eigenvalue weighted by atomic mass is 10.1. The Balaban J connectivity index is 1.35. The van der Waals surface area contributed by atoms with Crippen molar-refractivity contribution in [1.29, 1.82) is 0 Å². The van der Waals surface area contributed by atoms with E-state index in [4.69, 9.17) is 9.47 Å². The molecular weight excluding hydrogens is 323 g/mol. The van der Waals surface area contributed by atoms with Crippen LogP contribution in [0.3, 0.4) is 0 Å². The Hall–Kier alpha value is -2.12. The van der Waals surface area contributed by atoms with E-state index in [0.717, 1.165) is 25.1 Å². The number of fused-ring (bicyclic) bond motifs is 1. The lowest BCUT2D eigenvalue weighted by Crippen LogP contribution is -2.49. The summed E-state index contributed by atoms with van der Waals surface area (Å²) in [6.45, 7) is 2.58. The number of anilines is 1. The molecule has 3 atom stereocenters. The fourth-order valence-corrected chi connectivity index (χ4v) is 3.70. The molecule has 1 aliphatic heterocycles. The van der Waals surface area contributed by atoms with Crippen molar-refractivity contribution in [2.75, 3.05) is 24.7 Å². The van der Waals surface area contributed by atoms with Crippen LogP contribution in [0.4, 0.5) is 10.3 Å². The van der Waals surface area contributed by atoms with E-state index in [-0.39, 0.29) is 12.1 Å². The van der Waals surface area contributed by atoms with Gasteiger partial charge in [-0.2, -0.15) is 0 Å². The molecule has 1 saturated heterocycles. The summed E-state index contributed by atoms with van der Waals surface area (Å²) in [5, 5.41) is 0. The van der Waals surface area contributed by atoms with Gasteiger partial charge < -0.3 is 14.4 Å². The highest BCUT2D eigenvalue weighted by atomic mass is 19.1. The Morgan fingerprint density at radius 2 is 2.08 bits per heavy atom. The lowest BCUT2D eigenvalue weighted by molar-refractivity contribution is 0.0199. The number of aromatic nitrogens is 3. The summed E-state index contributed by atoms with van der Waals surface area (Å²) in [7, 11) is 0. The highest BCUT2D eigenvalue weighted by Gasteiger charge is 2.42. The largest absolute Gasteiger partial charge is 0.375 e. The molecule has 1 aliphatic carbocycles. The summed E-state index contributed by atoms with van der Waals surface area (Å²) in [5.74, 6) is 0.593. The zero-order chi connectivity index (χ0) is 17.1. The molecule has 2 fully saturated rings. The van der Waals surface area contributed by atoms with Gasteiger partial charge in [0.25, 0.3) is 0 Å². The van der Waals surface area contributed by atoms with Gasteiger partial charge in [-0.25, -0.2) is 14.4 Å². The molecule has 6 nitrogen and oxygen atoms in total. The molecule has 0 aromatic carbocycles. The first-order valence-electron chi connectivity index (χ1n) is 8.63. The molecule has 0 amide bonds. The minimum Gasteiger partial charge on any atom is -0.375 e. The van der Waals surface area contributed by atoms with E-state index in [2.05, 4.69) is 19.9 Å². The van der Waals surface area contributed by atoms with E-state index in [1.807, 2.05) is 18.2 Å². The molecule has 1 saturated carbocycles. The van der Waals surface area contributed by atoms with E-state index in [9.17, 15) is 4.39 Å². The number of rotatable bonds is 5. The molecule has 0 unspecified atom stereocenters. The van der Waals surface area contributed by atoms with Crippen molar-refractivity contribution in [3.8, 4) is 0 Å². The Labute approximate surface area is 146 Å². The number of pyridine rings is 1. The van der Waals surface area contributed by atoms with Crippen molar-refractivity contribution in [3.63, 3.8) is 0 Å². The minimum atomic E-state index is -0.416. The SMILES string of the molecule is Fc1cnc(N2CCO[C@H]3C[C@@H](COCc4ccccn4)C[C@@H]32)nc1. The third kappa shape index (κ3) is 3.77. The second kappa shape index (κ2) is 7.41. The van der Waals surface area contributed by atoms with Crippen molar-refractivity contribution < 1.29 is 13.9 Å². The number of nitrogens with zero attached hydrogens (tertiary/aromatic N) is 4. The first-order valence-corrected chi connectivity index (χ1v) is 8.63. The molecule has 25 heavy (non-hydrogen) atoms. The van der Waals surface area contributed by atoms with Crippen molar-refractivity contribution in [1.82, 2.24) is 15.0 Å². The molecule has 0 radical (unpaired) electrons. The van der Waals surface area contributed by atoms with Gasteiger partial charge in [0.1, 0.15) is 0 Å². The maximum atomic E-state index is 13.1. The average molecular weight is 344 g/mol. The smallest absolute Gasteiger partial charge is 0.225 e. The quantitative estimate of drug-likeness (QED) is 0.829. The number of hydrogen-bond acceptors (Lipinski definition) is 6. The molecule has 132 valence electrons. The third-order valence-electron chi connectivity index (χ3n) is 4.83. The number of ether oxygens (including phenoxy) is 2. The second-order valence-electron chi connectivity index (χ2n) is 6.54. The minimum absolute atomic E-state index is 0.158. The van der Waals surface area contributed by atoms with Gasteiger partial charge in [0.05, 0.1) is 50.1 Å². The van der Waals surface area contributed by atoms with Crippen LogP contribution in [0.1, 0.15) is 18.5 Å². The van der Waals surface area contributed by atoms with E-state index in [1.165, 1.54) is 12.4 Å². The second-order valence-corrected chi connectivity index (χ2v) is 6.54. The molecular formula is C18H21FN4O2. The van der Waals surface area contributed by atoms with E-state index < -0.39 is 5.82 Å². The Morgan fingerprint density at radius 1 is 1.20 bits per heavy atom. The highest BCUT2D eigenvalue weighted by molar-refractivity contribution is 5.33. The highest BCUT2D eigenvalue weighted by Crippen LogP contribution is 2.35. The van der Waals surface area contributed by atoms with Crippen LogP contribution in [0.2, 0.25) is 0 Å². The monoisotopic (exact) mass is 344 g/mol. The van der Waals surface area contributed by atoms with E-state index in [1.54, 1.807) is 6.20 Å². The first kappa shape index (κ1) is 16.4. The van der Waals surface area contributed by atoms with Crippen LogP contribution in [-0.4, -0.2) is 46.9 Å². The molecule has 4 rings (SSSR count). The van der Waals surface area contributed by atoms with Gasteiger partial charge in [-0.1, -0.05) is 6.07 Å². The van der Waals surface area contributed by atoms with Crippen LogP contribution >= 0.6 is 0 Å². The predicted octanol–water partition coefficient (Wildman–Crippen LogP) is 2.21. The molecule has 2 aliphatic rings. The molecule has 2 aromatic rings. The zero-order valence-electron chi connectivity index (χ0n) is 13.9. The summed E-state index contributed by atoms with van der Waals surface area (Å²) in [6, 6.07) is 6.05. The molecule has 0 N–H and O–H groups in total. The average Bonchev–Trinajstić information content (AvgIpc) is 3.06. The maximum Gasteiger partial charge on any atom is 0.225 e. The van der Waals surface area contributed by atoms with Crippen LogP contribution in [0.25, 0.3) is 0 Å². The first-order chi connectivity index (χ1) is 12.3. The Bertz CT molecular complexity index is 685. The third-order valence-corrected chi connectivity index (χ3v) is 4.83. The zero-order valence-corrected chi connectivity index (χ0v) is 13.9. The van der Waals surface area contributed by atoms with Gasteiger partial charge in [0.15, 0.2) is 5.82 Å². The van der Waals surface area contributed by atoms with Gasteiger partial charge in [-0.15, -0.1) is 0 Å². The molecule has 7 heteroatoms. The lowest BCUT2D eigenvalue weighted by Gasteiger charge is -2.37. The van der Waals surface area contributed by atoms with Crippen molar-refractivity contribution in [2.24, 2.45) is 5.92 Å². The number of hydrogen-bond donors (Lipinski definition) is 0. The summed E-state index contributed by atoms with van der Waals surface area (Å²) >= 11 is 0. The Kier molecular flexibility index (Phi) is 4.85. The topological polar surface area (TPSA) is 60.4 Å². The summed E-state index contributed by atoms with van der Waals surface area (Å²) in [5.41, 5.74) is 0.940. The molecule has 0 spiro atoms. The van der Waals surface area contributed by atoms with Crippen LogP contribution in [0, 0.1) is 11.7 Å². The Morgan fingerprint density at radius 3 is 2.88 bits per heavy atom. The van der Waals surface area contributed by atoms with Gasteiger partial charge in [0.2, 0.25) is 5.95 Å². The fraction of sp³-hybridized carbons (Fsp3) is 0.500. The summed E-state index contributed by atoms with van der Waals surface area (Å²) in [6.07, 6.45) is 6.30. The molecule has 2 aromatic heterocycles. The molecule has 3 heterocycles. The predicted molar refractivity (Wildman–Crippen MR) is 89.5 cm³/mol.